The highest BCUT2D eigenvalue weighted by atomic mass is 19.1. The fourth-order valence-electron chi connectivity index (χ4n) is 10.6. The van der Waals surface area contributed by atoms with Crippen LogP contribution in [0, 0.1) is 23.3 Å². The number of hydrogen-bond donors (Lipinski definition) is 4. The summed E-state index contributed by atoms with van der Waals surface area (Å²) in [4.78, 5) is 59.3. The monoisotopic (exact) mass is 1220 g/mol. The standard InChI is InChI=1S/4C16H19FN4O.CH4/c4*1-16(22,14-6-5-13(17)11-18-14)12-9-19-15(20-10-12)21-7-3-2-4-8-21;/h4*5-6,9-11,22H,2-4,7-8H2,1H3;1H4/t2*16-;;;/m10.../s1. The number of pyridine rings is 4. The van der Waals surface area contributed by atoms with Gasteiger partial charge >= 0.3 is 0 Å². The molecule has 4 saturated heterocycles. The smallest absolute Gasteiger partial charge is 0.225 e. The molecule has 8 aromatic rings. The number of nitrogens with zero attached hydrogens (tertiary/aromatic N) is 16. The van der Waals surface area contributed by atoms with E-state index >= 15 is 0 Å². The van der Waals surface area contributed by atoms with E-state index in [1.165, 1.54) is 74.2 Å². The third kappa shape index (κ3) is 17.1. The van der Waals surface area contributed by atoms with E-state index in [0.29, 0.717) is 68.8 Å². The van der Waals surface area contributed by atoms with Gasteiger partial charge in [0, 0.05) is 124 Å². The quantitative estimate of drug-likeness (QED) is 0.0831. The molecule has 12 rings (SSSR count). The lowest BCUT2D eigenvalue weighted by molar-refractivity contribution is 0.0960. The van der Waals surface area contributed by atoms with Crippen molar-refractivity contribution in [2.75, 3.05) is 72.0 Å². The molecule has 0 bridgehead atoms. The second-order valence-corrected chi connectivity index (χ2v) is 23.0. The van der Waals surface area contributed by atoms with Gasteiger partial charge in [-0.1, -0.05) is 7.43 Å². The first kappa shape index (κ1) is 66.6. The van der Waals surface area contributed by atoms with E-state index in [0.717, 1.165) is 129 Å². The largest absolute Gasteiger partial charge is 0.379 e. The molecule has 4 aliphatic heterocycles. The highest BCUT2D eigenvalue weighted by molar-refractivity contribution is 5.39. The van der Waals surface area contributed by atoms with Gasteiger partial charge in [0.05, 0.1) is 47.6 Å². The van der Waals surface area contributed by atoms with Crippen LogP contribution in [0.4, 0.5) is 41.4 Å². The van der Waals surface area contributed by atoms with Crippen LogP contribution >= 0.6 is 0 Å². The Labute approximate surface area is 517 Å². The second-order valence-electron chi connectivity index (χ2n) is 23.0. The molecule has 0 aliphatic carbocycles. The molecule has 4 N–H and O–H groups in total. The highest BCUT2D eigenvalue weighted by Gasteiger charge is 2.32. The molecule has 4 aliphatic rings. The van der Waals surface area contributed by atoms with Crippen molar-refractivity contribution >= 4 is 23.8 Å². The highest BCUT2D eigenvalue weighted by Crippen LogP contribution is 2.32. The van der Waals surface area contributed by atoms with Gasteiger partial charge in [0.2, 0.25) is 23.8 Å². The van der Waals surface area contributed by atoms with Crippen molar-refractivity contribution in [1.29, 1.82) is 0 Å². The van der Waals surface area contributed by atoms with Gasteiger partial charge in [-0.25, -0.2) is 57.4 Å². The lowest BCUT2D eigenvalue weighted by Crippen LogP contribution is -2.31. The van der Waals surface area contributed by atoms with Gasteiger partial charge in [0.25, 0.3) is 0 Å². The second kappa shape index (κ2) is 30.3. The predicted molar refractivity (Wildman–Crippen MR) is 331 cm³/mol. The van der Waals surface area contributed by atoms with Crippen molar-refractivity contribution in [3.8, 4) is 0 Å². The van der Waals surface area contributed by atoms with E-state index in [-0.39, 0.29) is 7.43 Å². The number of halogens is 4. The maximum atomic E-state index is 13.0. The average molecular weight is 1230 g/mol. The molecular weight excluding hydrogens is 1140 g/mol. The van der Waals surface area contributed by atoms with Crippen LogP contribution in [-0.4, -0.2) is 133 Å². The molecule has 0 aromatic carbocycles. The molecule has 4 atom stereocenters. The van der Waals surface area contributed by atoms with Crippen molar-refractivity contribution in [2.45, 2.75) is 135 Å². The van der Waals surface area contributed by atoms with Crippen LogP contribution in [0.2, 0.25) is 0 Å². The summed E-state index contributed by atoms with van der Waals surface area (Å²) in [7, 11) is 0. The summed E-state index contributed by atoms with van der Waals surface area (Å²) in [6.07, 6.45) is 31.5. The zero-order valence-corrected chi connectivity index (χ0v) is 50.1. The molecule has 89 heavy (non-hydrogen) atoms. The Morgan fingerprint density at radius 1 is 0.270 bits per heavy atom. The lowest BCUT2D eigenvalue weighted by atomic mass is 9.94. The Morgan fingerprint density at radius 2 is 0.438 bits per heavy atom. The molecule has 4 fully saturated rings. The van der Waals surface area contributed by atoms with Crippen molar-refractivity contribution in [3.05, 3.63) is 191 Å². The molecule has 12 heterocycles. The minimum atomic E-state index is -1.35. The number of aromatic nitrogens is 12. The fraction of sp³-hybridized carbons (Fsp3) is 0.446. The molecule has 0 spiro atoms. The topological polar surface area (TPSA) is 249 Å². The summed E-state index contributed by atoms with van der Waals surface area (Å²) in [5.74, 6) is 1.01. The minimum Gasteiger partial charge on any atom is -0.379 e. The number of aliphatic hydroxyl groups is 4. The molecule has 8 aromatic heterocycles. The summed E-state index contributed by atoms with van der Waals surface area (Å²) >= 11 is 0. The van der Waals surface area contributed by atoms with Crippen LogP contribution in [0.5, 0.6) is 0 Å². The maximum Gasteiger partial charge on any atom is 0.225 e. The number of anilines is 4. The lowest BCUT2D eigenvalue weighted by Gasteiger charge is -2.27. The van der Waals surface area contributed by atoms with E-state index in [9.17, 15) is 38.0 Å². The molecule has 0 radical (unpaired) electrons. The van der Waals surface area contributed by atoms with Gasteiger partial charge in [-0.2, -0.15) is 0 Å². The Kier molecular flexibility index (Phi) is 22.7. The van der Waals surface area contributed by atoms with E-state index in [1.807, 2.05) is 0 Å². The normalized spacial score (nSPS) is 17.8. The predicted octanol–water partition coefficient (Wildman–Crippen LogP) is 9.66. The molecular formula is C65H80F4N16O4. The van der Waals surface area contributed by atoms with E-state index in [4.69, 9.17) is 0 Å². The number of rotatable bonds is 12. The van der Waals surface area contributed by atoms with Crippen molar-refractivity contribution in [3.63, 3.8) is 0 Å². The Bertz CT molecular complexity index is 2950. The molecule has 0 amide bonds. The zero-order valence-electron chi connectivity index (χ0n) is 50.1. The van der Waals surface area contributed by atoms with Crippen LogP contribution < -0.4 is 19.6 Å². The Balaban J connectivity index is 0.000000153. The number of hydrogen-bond acceptors (Lipinski definition) is 20. The molecule has 20 nitrogen and oxygen atoms in total. The van der Waals surface area contributed by atoms with Crippen molar-refractivity contribution in [2.24, 2.45) is 0 Å². The van der Waals surface area contributed by atoms with E-state index in [2.05, 4.69) is 79.4 Å². The van der Waals surface area contributed by atoms with Gasteiger partial charge in [0.15, 0.2) is 0 Å². The van der Waals surface area contributed by atoms with E-state index in [1.54, 1.807) is 77.3 Å². The summed E-state index contributed by atoms with van der Waals surface area (Å²) in [6.45, 7) is 14.2. The third-order valence-electron chi connectivity index (χ3n) is 16.3. The summed E-state index contributed by atoms with van der Waals surface area (Å²) < 4.78 is 51.8. The molecule has 2 unspecified atom stereocenters. The van der Waals surface area contributed by atoms with Crippen LogP contribution in [0.3, 0.4) is 0 Å². The van der Waals surface area contributed by atoms with Crippen LogP contribution in [0.15, 0.2) is 123 Å². The first-order valence-corrected chi connectivity index (χ1v) is 30.0. The fourth-order valence-corrected chi connectivity index (χ4v) is 10.6. The molecule has 24 heteroatoms. The Morgan fingerprint density at radius 3 is 0.584 bits per heavy atom. The molecule has 472 valence electrons. The summed E-state index contributed by atoms with van der Waals surface area (Å²) in [6, 6.07) is 11.0. The maximum absolute atomic E-state index is 13.0. The minimum absolute atomic E-state index is 0. The van der Waals surface area contributed by atoms with Gasteiger partial charge in [-0.3, -0.25) is 19.9 Å². The number of piperidine rings is 4. The van der Waals surface area contributed by atoms with Crippen LogP contribution in [0.1, 0.15) is 157 Å². The summed E-state index contributed by atoms with van der Waals surface area (Å²) in [5, 5.41) is 42.7. The van der Waals surface area contributed by atoms with Crippen molar-refractivity contribution < 1.29 is 38.0 Å². The van der Waals surface area contributed by atoms with Gasteiger partial charge in [-0.15, -0.1) is 0 Å². The average Bonchev–Trinajstić information content (AvgIpc) is 2.39. The van der Waals surface area contributed by atoms with Crippen LogP contribution in [0.25, 0.3) is 0 Å². The SMILES string of the molecule is C.CC(O)(c1cnc(N2CCCCC2)nc1)c1ccc(F)cn1.CC(O)(c1cnc(N2CCCCC2)nc1)c1ccc(F)cn1.C[C@@](O)(c1cnc(N2CCCCC2)nc1)c1ccc(F)cn1.C[C@](O)(c1cnc(N2CCCCC2)nc1)c1ccc(F)cn1. The zero-order chi connectivity index (χ0) is 62.3. The van der Waals surface area contributed by atoms with E-state index < -0.39 is 45.7 Å². The Hall–Kier alpha value is -8.32. The first-order valence-electron chi connectivity index (χ1n) is 30.0. The van der Waals surface area contributed by atoms with Gasteiger partial charge < -0.3 is 40.0 Å². The van der Waals surface area contributed by atoms with Crippen molar-refractivity contribution in [1.82, 2.24) is 59.8 Å². The third-order valence-corrected chi connectivity index (χ3v) is 16.3. The van der Waals surface area contributed by atoms with Gasteiger partial charge in [-0.05, 0) is 153 Å². The summed E-state index contributed by atoms with van der Waals surface area (Å²) in [5.41, 5.74) is -1.82. The van der Waals surface area contributed by atoms with Crippen LogP contribution in [-0.2, 0) is 22.4 Å². The first-order chi connectivity index (χ1) is 42.3. The molecule has 0 saturated carbocycles. The van der Waals surface area contributed by atoms with Gasteiger partial charge in [0.1, 0.15) is 45.7 Å².